The molecule has 208 valence electrons. The molecule has 1 aromatic heterocycles. The highest BCUT2D eigenvalue weighted by Gasteiger charge is 2.07. The summed E-state index contributed by atoms with van der Waals surface area (Å²) in [6, 6.07) is 7.31. The van der Waals surface area contributed by atoms with Crippen LogP contribution in [0.3, 0.4) is 0 Å². The molecule has 0 saturated carbocycles. The monoisotopic (exact) mass is 534 g/mol. The minimum Gasteiger partial charge on any atom is -0.491 e. The van der Waals surface area contributed by atoms with Gasteiger partial charge >= 0.3 is 0 Å². The molecule has 3 amide bonds. The summed E-state index contributed by atoms with van der Waals surface area (Å²) in [5.41, 5.74) is 5.91. The summed E-state index contributed by atoms with van der Waals surface area (Å²) in [5.74, 6) is 0.369. The number of ether oxygens (including phenoxy) is 4. The lowest BCUT2D eigenvalue weighted by Crippen LogP contribution is -2.43. The zero-order valence-electron chi connectivity index (χ0n) is 21.3. The molecule has 0 aliphatic heterocycles. The van der Waals surface area contributed by atoms with E-state index in [1.165, 1.54) is 0 Å². The van der Waals surface area contributed by atoms with E-state index < -0.39 is 11.8 Å². The van der Waals surface area contributed by atoms with Crippen molar-refractivity contribution < 1.29 is 33.3 Å². The van der Waals surface area contributed by atoms with Crippen molar-refractivity contribution in [1.82, 2.24) is 36.3 Å². The van der Waals surface area contributed by atoms with Crippen LogP contribution in [-0.2, 0) is 28.6 Å². The molecule has 0 aliphatic rings. The summed E-state index contributed by atoms with van der Waals surface area (Å²) in [6.45, 7) is 4.09. The average molecular weight is 535 g/mol. The van der Waals surface area contributed by atoms with Crippen LogP contribution in [0, 0.1) is 6.92 Å². The fourth-order valence-corrected chi connectivity index (χ4v) is 2.67. The molecule has 15 nitrogen and oxygen atoms in total. The van der Waals surface area contributed by atoms with Gasteiger partial charge < -0.3 is 40.6 Å². The summed E-state index contributed by atoms with van der Waals surface area (Å²) in [7, 11) is 0. The molecule has 0 bridgehead atoms. The highest BCUT2D eigenvalue weighted by atomic mass is 16.6. The Kier molecular flexibility index (Phi) is 14.8. The van der Waals surface area contributed by atoms with Crippen LogP contribution < -0.4 is 26.4 Å². The van der Waals surface area contributed by atoms with E-state index in [0.717, 1.165) is 5.56 Å². The van der Waals surface area contributed by atoms with Gasteiger partial charge in [0.1, 0.15) is 12.4 Å². The third-order valence-corrected chi connectivity index (χ3v) is 4.58. The molecule has 1 aromatic carbocycles. The molecular weight excluding hydrogens is 500 g/mol. The number of nitrogens with one attached hydrogen (secondary N) is 3. The summed E-state index contributed by atoms with van der Waals surface area (Å²) in [5, 5.41) is 23.1. The van der Waals surface area contributed by atoms with Crippen molar-refractivity contribution in [3.8, 4) is 17.1 Å². The minimum absolute atomic E-state index is 0.197. The van der Waals surface area contributed by atoms with Crippen LogP contribution in [0.2, 0.25) is 0 Å². The average Bonchev–Trinajstić information content (AvgIpc) is 2.93. The van der Waals surface area contributed by atoms with Crippen molar-refractivity contribution in [1.29, 1.82) is 0 Å². The molecular formula is C23H34N8O7. The van der Waals surface area contributed by atoms with Gasteiger partial charge in [-0.25, -0.2) is 0 Å². The van der Waals surface area contributed by atoms with E-state index in [2.05, 4.69) is 36.3 Å². The largest absolute Gasteiger partial charge is 0.491 e. The lowest BCUT2D eigenvalue weighted by atomic mass is 10.2. The first kappa shape index (κ1) is 30.4. The molecule has 38 heavy (non-hydrogen) atoms. The first-order valence-corrected chi connectivity index (χ1v) is 12.0. The predicted octanol–water partition coefficient (Wildman–Crippen LogP) is -2.02. The van der Waals surface area contributed by atoms with Crippen molar-refractivity contribution in [3.05, 3.63) is 30.1 Å². The van der Waals surface area contributed by atoms with E-state index in [-0.39, 0.29) is 25.5 Å². The molecule has 0 radical (unpaired) electrons. The normalized spacial score (nSPS) is 10.6. The molecule has 0 atom stereocenters. The second-order valence-electron chi connectivity index (χ2n) is 7.59. The highest BCUT2D eigenvalue weighted by Crippen LogP contribution is 2.18. The first-order chi connectivity index (χ1) is 18.5. The maximum atomic E-state index is 11.6. The number of nitrogens with zero attached hydrogens (tertiary/aromatic N) is 4. The first-order valence-electron chi connectivity index (χ1n) is 12.0. The van der Waals surface area contributed by atoms with Crippen LogP contribution in [0.1, 0.15) is 5.82 Å². The molecule has 0 spiro atoms. The summed E-state index contributed by atoms with van der Waals surface area (Å²) in [6.07, 6.45) is 0. The number of carbonyl (C=O) groups is 3. The van der Waals surface area contributed by atoms with E-state index in [0.29, 0.717) is 70.2 Å². The summed E-state index contributed by atoms with van der Waals surface area (Å²) >= 11 is 0. The highest BCUT2D eigenvalue weighted by molar-refractivity contribution is 5.88. The van der Waals surface area contributed by atoms with Gasteiger partial charge in [0.2, 0.25) is 23.5 Å². The fraction of sp³-hybridized carbons (Fsp3) is 0.522. The van der Waals surface area contributed by atoms with E-state index in [1.807, 2.05) is 24.3 Å². The van der Waals surface area contributed by atoms with Crippen LogP contribution in [0.25, 0.3) is 11.4 Å². The quantitative estimate of drug-likeness (QED) is 0.144. The zero-order chi connectivity index (χ0) is 27.4. The van der Waals surface area contributed by atoms with Crippen molar-refractivity contribution in [2.75, 3.05) is 72.4 Å². The van der Waals surface area contributed by atoms with E-state index in [1.54, 1.807) is 6.92 Å². The smallest absolute Gasteiger partial charge is 0.239 e. The number of benzene rings is 1. The molecule has 15 heteroatoms. The third kappa shape index (κ3) is 13.5. The Morgan fingerprint density at radius 1 is 0.711 bits per heavy atom. The number of rotatable bonds is 19. The van der Waals surface area contributed by atoms with Gasteiger partial charge in [0, 0.05) is 12.1 Å². The Hall–Kier alpha value is -3.79. The van der Waals surface area contributed by atoms with Crippen molar-refractivity contribution >= 4 is 17.7 Å². The van der Waals surface area contributed by atoms with Crippen LogP contribution in [0.4, 0.5) is 0 Å². The number of hydrogen-bond donors (Lipinski definition) is 4. The molecule has 0 unspecified atom stereocenters. The van der Waals surface area contributed by atoms with Crippen molar-refractivity contribution in [2.45, 2.75) is 6.92 Å². The Labute approximate surface area is 220 Å². The number of carbonyl (C=O) groups excluding carboxylic acids is 3. The number of hydrogen-bond acceptors (Lipinski definition) is 12. The minimum atomic E-state index is -0.483. The Balaban J connectivity index is 1.36. The van der Waals surface area contributed by atoms with E-state index in [9.17, 15) is 14.4 Å². The van der Waals surface area contributed by atoms with Gasteiger partial charge in [-0.3, -0.25) is 14.4 Å². The van der Waals surface area contributed by atoms with Crippen LogP contribution in [0.5, 0.6) is 5.75 Å². The van der Waals surface area contributed by atoms with Crippen molar-refractivity contribution in [3.63, 3.8) is 0 Å². The molecule has 2 aromatic rings. The lowest BCUT2D eigenvalue weighted by Gasteiger charge is -2.09. The van der Waals surface area contributed by atoms with Gasteiger partial charge in [0.05, 0.1) is 59.3 Å². The third-order valence-electron chi connectivity index (χ3n) is 4.58. The molecule has 5 N–H and O–H groups in total. The zero-order valence-corrected chi connectivity index (χ0v) is 21.3. The van der Waals surface area contributed by atoms with E-state index >= 15 is 0 Å². The molecule has 0 saturated heterocycles. The number of nitrogens with two attached hydrogens (primary N) is 1. The SMILES string of the molecule is Cc1nnc(-c2ccc(OCCOCCOCCOCCNC(=O)CNC(=O)CNC(=O)CN)cc2)nn1. The van der Waals surface area contributed by atoms with Gasteiger partial charge in [-0.2, -0.15) is 0 Å². The standard InChI is InChI=1S/C23H34N8O7/c1-17-28-30-23(31-29-17)18-2-4-19(5-3-18)38-13-12-37-11-10-36-9-8-35-7-6-25-21(33)15-27-22(34)16-26-20(32)14-24/h2-5H,6-16,24H2,1H3,(H,25,33)(H,26,32)(H,27,34). The predicted molar refractivity (Wildman–Crippen MR) is 134 cm³/mol. The Morgan fingerprint density at radius 3 is 1.84 bits per heavy atom. The van der Waals surface area contributed by atoms with E-state index in [4.69, 9.17) is 24.7 Å². The fourth-order valence-electron chi connectivity index (χ4n) is 2.67. The topological polar surface area (TPSA) is 202 Å². The summed E-state index contributed by atoms with van der Waals surface area (Å²) in [4.78, 5) is 34.0. The maximum Gasteiger partial charge on any atom is 0.239 e. The Bertz CT molecular complexity index is 977. The Morgan fingerprint density at radius 2 is 1.24 bits per heavy atom. The second-order valence-corrected chi connectivity index (χ2v) is 7.59. The van der Waals surface area contributed by atoms with Crippen LogP contribution >= 0.6 is 0 Å². The molecule has 0 fully saturated rings. The van der Waals surface area contributed by atoms with Gasteiger partial charge in [0.25, 0.3) is 0 Å². The number of amides is 3. The van der Waals surface area contributed by atoms with Gasteiger partial charge in [-0.15, -0.1) is 20.4 Å². The maximum absolute atomic E-state index is 11.6. The number of aryl methyl sites for hydroxylation is 1. The summed E-state index contributed by atoms with van der Waals surface area (Å²) < 4.78 is 21.9. The molecule has 1 heterocycles. The number of aromatic nitrogens is 4. The van der Waals surface area contributed by atoms with Crippen LogP contribution in [0.15, 0.2) is 24.3 Å². The van der Waals surface area contributed by atoms with Gasteiger partial charge in [-0.1, -0.05) is 0 Å². The molecule has 2 rings (SSSR count). The van der Waals surface area contributed by atoms with Crippen LogP contribution in [-0.4, -0.2) is 111 Å². The second kappa shape index (κ2) is 18.5. The van der Waals surface area contributed by atoms with Gasteiger partial charge in [0.15, 0.2) is 5.82 Å². The van der Waals surface area contributed by atoms with Gasteiger partial charge in [-0.05, 0) is 31.2 Å². The van der Waals surface area contributed by atoms with Crippen molar-refractivity contribution in [2.24, 2.45) is 5.73 Å². The molecule has 0 aliphatic carbocycles. The lowest BCUT2D eigenvalue weighted by molar-refractivity contribution is -0.127.